The van der Waals surface area contributed by atoms with E-state index in [9.17, 15) is 9.36 Å². The molecule has 0 bridgehead atoms. The molecule has 0 amide bonds. The zero-order chi connectivity index (χ0) is 12.8. The molecule has 16 heavy (non-hydrogen) atoms. The van der Waals surface area contributed by atoms with Crippen LogP contribution in [0.1, 0.15) is 12.8 Å². The summed E-state index contributed by atoms with van der Waals surface area (Å²) in [5.41, 5.74) is 6.20. The van der Waals surface area contributed by atoms with Gasteiger partial charge in [-0.3, -0.25) is 0 Å². The van der Waals surface area contributed by atoms with Gasteiger partial charge in [0, 0.05) is 0 Å². The van der Waals surface area contributed by atoms with Gasteiger partial charge in [0.15, 0.2) is 0 Å². The number of hydrogen-bond donors (Lipinski definition) is 2. The van der Waals surface area contributed by atoms with E-state index < -0.39 is 18.5 Å². The molecular formula is C9H13N2O4P. The van der Waals surface area contributed by atoms with E-state index in [1.165, 1.54) is 12.2 Å². The minimum atomic E-state index is -4.80. The molecule has 0 atom stereocenters. The summed E-state index contributed by atoms with van der Waals surface area (Å²) in [5.74, 6) is 0. The maximum Gasteiger partial charge on any atom is 0.433 e. The zero-order valence-electron chi connectivity index (χ0n) is 8.61. The second-order valence-electron chi connectivity index (χ2n) is 3.23. The van der Waals surface area contributed by atoms with Gasteiger partial charge in [0.1, 0.15) is 11.7 Å². The van der Waals surface area contributed by atoms with Crippen LogP contribution in [0.15, 0.2) is 25.3 Å². The van der Waals surface area contributed by atoms with E-state index in [1.807, 2.05) is 0 Å². The number of hydrogen-bond acceptors (Lipinski definition) is 2. The van der Waals surface area contributed by atoms with E-state index in [2.05, 4.69) is 17.9 Å². The summed E-state index contributed by atoms with van der Waals surface area (Å²) >= 11 is 0. The summed E-state index contributed by atoms with van der Waals surface area (Å²) in [4.78, 5) is 31.6. The molecule has 0 saturated carbocycles. The Hall–Kier alpha value is -1.32. The van der Waals surface area contributed by atoms with Crippen molar-refractivity contribution in [1.82, 2.24) is 0 Å². The second kappa shape index (κ2) is 5.68. The van der Waals surface area contributed by atoms with Crippen LogP contribution in [0.5, 0.6) is 0 Å². The SMILES string of the molecule is C=CCC(C=O)(CC=C)C(=[N+]=[N-])P(=O)(O)O. The molecular weight excluding hydrogens is 231 g/mol. The Morgan fingerprint density at radius 3 is 2.00 bits per heavy atom. The van der Waals surface area contributed by atoms with Crippen molar-refractivity contribution < 1.29 is 23.9 Å². The van der Waals surface area contributed by atoms with Crippen molar-refractivity contribution in [2.75, 3.05) is 0 Å². The molecule has 0 spiro atoms. The van der Waals surface area contributed by atoms with Gasteiger partial charge in [0.25, 0.3) is 0 Å². The number of aldehydes is 1. The van der Waals surface area contributed by atoms with Gasteiger partial charge in [0.2, 0.25) is 0 Å². The Morgan fingerprint density at radius 2 is 1.81 bits per heavy atom. The third-order valence-corrected chi connectivity index (χ3v) is 3.15. The van der Waals surface area contributed by atoms with Gasteiger partial charge >= 0.3 is 13.0 Å². The first kappa shape index (κ1) is 14.7. The molecule has 6 nitrogen and oxygen atoms in total. The molecule has 2 N–H and O–H groups in total. The van der Waals surface area contributed by atoms with Crippen molar-refractivity contribution in [1.29, 1.82) is 0 Å². The van der Waals surface area contributed by atoms with Crippen LogP contribution in [0.3, 0.4) is 0 Å². The molecule has 0 aromatic rings. The third-order valence-electron chi connectivity index (χ3n) is 2.06. The quantitative estimate of drug-likeness (QED) is 0.174. The molecule has 7 heteroatoms. The highest BCUT2D eigenvalue weighted by Gasteiger charge is 2.51. The summed E-state index contributed by atoms with van der Waals surface area (Å²) in [6, 6.07) is 0. The Morgan fingerprint density at radius 1 is 1.38 bits per heavy atom. The maximum absolute atomic E-state index is 11.1. The first-order valence-electron chi connectivity index (χ1n) is 4.34. The van der Waals surface area contributed by atoms with E-state index in [1.54, 1.807) is 0 Å². The Labute approximate surface area is 93.1 Å². The van der Waals surface area contributed by atoms with Crippen molar-refractivity contribution in [2.24, 2.45) is 5.41 Å². The van der Waals surface area contributed by atoms with Gasteiger partial charge in [-0.2, -0.15) is 4.79 Å². The van der Waals surface area contributed by atoms with E-state index in [4.69, 9.17) is 15.3 Å². The van der Waals surface area contributed by atoms with Crippen LogP contribution in [0.2, 0.25) is 0 Å². The predicted octanol–water partition coefficient (Wildman–Crippen LogP) is 1.13. The fourth-order valence-electron chi connectivity index (χ4n) is 1.38. The number of allylic oxidation sites excluding steroid dienone is 2. The monoisotopic (exact) mass is 244 g/mol. The minimum Gasteiger partial charge on any atom is -0.361 e. The van der Waals surface area contributed by atoms with Crippen molar-refractivity contribution >= 4 is 19.3 Å². The summed E-state index contributed by atoms with van der Waals surface area (Å²) in [6.07, 6.45) is 2.88. The van der Waals surface area contributed by atoms with Gasteiger partial charge < -0.3 is 20.1 Å². The first-order chi connectivity index (χ1) is 7.37. The van der Waals surface area contributed by atoms with E-state index in [0.717, 1.165) is 0 Å². The van der Waals surface area contributed by atoms with Crippen LogP contribution >= 0.6 is 7.60 Å². The van der Waals surface area contributed by atoms with Crippen molar-refractivity contribution in [2.45, 2.75) is 12.8 Å². The average molecular weight is 244 g/mol. The summed E-state index contributed by atoms with van der Waals surface area (Å²) in [6.45, 7) is 6.78. The zero-order valence-corrected chi connectivity index (χ0v) is 9.51. The third kappa shape index (κ3) is 3.08. The lowest BCUT2D eigenvalue weighted by Crippen LogP contribution is -2.32. The van der Waals surface area contributed by atoms with Crippen LogP contribution in [-0.2, 0) is 9.36 Å². The Bertz CT molecular complexity index is 382. The lowest BCUT2D eigenvalue weighted by atomic mass is 9.83. The van der Waals surface area contributed by atoms with Gasteiger partial charge in [-0.15, -0.1) is 13.2 Å². The van der Waals surface area contributed by atoms with Crippen LogP contribution in [0.25, 0.3) is 5.53 Å². The van der Waals surface area contributed by atoms with Gasteiger partial charge in [0.05, 0.1) is 0 Å². The van der Waals surface area contributed by atoms with Crippen LogP contribution in [-0.4, -0.2) is 26.3 Å². The number of rotatable bonds is 7. The van der Waals surface area contributed by atoms with Crippen molar-refractivity contribution in [3.63, 3.8) is 0 Å². The van der Waals surface area contributed by atoms with E-state index in [0.29, 0.717) is 6.29 Å². The van der Waals surface area contributed by atoms with Crippen LogP contribution < -0.4 is 0 Å². The number of carbonyl (C=O) groups excluding carboxylic acids is 1. The molecule has 0 aliphatic carbocycles. The molecule has 88 valence electrons. The highest BCUT2D eigenvalue weighted by atomic mass is 31.2. The standard InChI is InChI=1S/C9H13N2O4P/c1-3-5-9(7-12,6-4-2)8(11-10)16(13,14)15/h3-4,7H,1-2,5-6H2,(H2,13,14,15). The minimum absolute atomic E-state index is 0.0486. The Balaban J connectivity index is 5.72. The predicted molar refractivity (Wildman–Crippen MR) is 58.8 cm³/mol. The number of carbonyl (C=O) groups is 1. The van der Waals surface area contributed by atoms with Gasteiger partial charge in [-0.25, -0.2) is 4.57 Å². The lowest BCUT2D eigenvalue weighted by molar-refractivity contribution is -0.114. The molecule has 0 radical (unpaired) electrons. The highest BCUT2D eigenvalue weighted by molar-refractivity contribution is 7.70. The average Bonchev–Trinajstić information content (AvgIpc) is 2.17. The molecule has 0 aliphatic rings. The fraction of sp³-hybridized carbons (Fsp3) is 0.333. The highest BCUT2D eigenvalue weighted by Crippen LogP contribution is 2.46. The largest absolute Gasteiger partial charge is 0.433 e. The lowest BCUT2D eigenvalue weighted by Gasteiger charge is -2.20. The van der Waals surface area contributed by atoms with Crippen molar-refractivity contribution in [3.8, 4) is 0 Å². The fourth-order valence-corrected chi connectivity index (χ4v) is 2.31. The topological polar surface area (TPSA) is 111 Å². The molecule has 0 heterocycles. The molecule has 0 fully saturated rings. The van der Waals surface area contributed by atoms with Crippen LogP contribution in [0, 0.1) is 5.41 Å². The normalized spacial score (nSPS) is 11.4. The molecule has 0 unspecified atom stereocenters. The second-order valence-corrected chi connectivity index (χ2v) is 4.74. The van der Waals surface area contributed by atoms with Crippen molar-refractivity contribution in [3.05, 3.63) is 30.8 Å². The molecule has 0 aromatic heterocycles. The Kier molecular flexibility index (Phi) is 5.21. The summed E-state index contributed by atoms with van der Waals surface area (Å²) < 4.78 is 11.1. The van der Waals surface area contributed by atoms with Gasteiger partial charge in [-0.05, 0) is 12.8 Å². The smallest absolute Gasteiger partial charge is 0.361 e. The first-order valence-corrected chi connectivity index (χ1v) is 5.96. The molecule has 0 aliphatic heterocycles. The molecule has 0 rings (SSSR count). The van der Waals surface area contributed by atoms with E-state index >= 15 is 0 Å². The summed E-state index contributed by atoms with van der Waals surface area (Å²) in [7, 11) is -4.80. The van der Waals surface area contributed by atoms with Crippen LogP contribution in [0.4, 0.5) is 0 Å². The molecule has 0 aromatic carbocycles. The van der Waals surface area contributed by atoms with E-state index in [-0.39, 0.29) is 12.8 Å². The van der Waals surface area contributed by atoms with Gasteiger partial charge in [-0.1, -0.05) is 12.2 Å². The number of nitrogens with zero attached hydrogens (tertiary/aromatic N) is 2. The summed E-state index contributed by atoms with van der Waals surface area (Å²) in [5, 5.41) is 0. The molecule has 0 saturated heterocycles. The maximum atomic E-state index is 11.1.